The van der Waals surface area contributed by atoms with E-state index in [0.717, 1.165) is 6.42 Å². The number of hydrogen-bond donors (Lipinski definition) is 2. The summed E-state index contributed by atoms with van der Waals surface area (Å²) in [4.78, 5) is 21.8. The Morgan fingerprint density at radius 2 is 1.79 bits per heavy atom. The van der Waals surface area contributed by atoms with E-state index < -0.39 is 0 Å². The predicted molar refractivity (Wildman–Crippen MR) is 55.7 cm³/mol. The highest BCUT2D eigenvalue weighted by atomic mass is 16.2. The molecule has 0 aromatic carbocycles. The van der Waals surface area contributed by atoms with Crippen LogP contribution in [0.5, 0.6) is 0 Å². The first kappa shape index (κ1) is 12.7. The van der Waals surface area contributed by atoms with Gasteiger partial charge in [-0.1, -0.05) is 13.5 Å². The van der Waals surface area contributed by atoms with Crippen molar-refractivity contribution in [3.8, 4) is 0 Å². The topological polar surface area (TPSA) is 58.2 Å². The molecule has 0 saturated carbocycles. The molecular formula is C10H18N2O2. The van der Waals surface area contributed by atoms with Crippen LogP contribution in [0.15, 0.2) is 12.2 Å². The van der Waals surface area contributed by atoms with Crippen LogP contribution in [-0.2, 0) is 9.59 Å². The molecule has 80 valence electrons. The standard InChI is InChI=1S/C10H18N2O2/c1-4-9(13)11-6-5-7-12-10(14)8(2)3/h2,4-7H2,1,3H3,(H,11,13)(H,12,14). The first-order chi connectivity index (χ1) is 6.57. The molecule has 0 aliphatic carbocycles. The van der Waals surface area contributed by atoms with Crippen molar-refractivity contribution >= 4 is 11.8 Å². The summed E-state index contributed by atoms with van der Waals surface area (Å²) in [5.41, 5.74) is 0.502. The van der Waals surface area contributed by atoms with E-state index in [0.29, 0.717) is 25.1 Å². The molecule has 2 N–H and O–H groups in total. The molecule has 0 spiro atoms. The van der Waals surface area contributed by atoms with Crippen LogP contribution in [0, 0.1) is 0 Å². The van der Waals surface area contributed by atoms with Crippen LogP contribution >= 0.6 is 0 Å². The number of amides is 2. The van der Waals surface area contributed by atoms with Crippen LogP contribution < -0.4 is 10.6 Å². The van der Waals surface area contributed by atoms with Gasteiger partial charge in [-0.3, -0.25) is 9.59 Å². The molecule has 14 heavy (non-hydrogen) atoms. The highest BCUT2D eigenvalue weighted by Gasteiger charge is 1.99. The first-order valence-corrected chi connectivity index (χ1v) is 4.78. The van der Waals surface area contributed by atoms with Gasteiger partial charge in [-0.2, -0.15) is 0 Å². The molecule has 0 saturated heterocycles. The Morgan fingerprint density at radius 1 is 1.21 bits per heavy atom. The molecule has 2 amide bonds. The Morgan fingerprint density at radius 3 is 2.29 bits per heavy atom. The van der Waals surface area contributed by atoms with Crippen molar-refractivity contribution in [1.29, 1.82) is 0 Å². The van der Waals surface area contributed by atoms with Crippen LogP contribution in [0.2, 0.25) is 0 Å². The lowest BCUT2D eigenvalue weighted by molar-refractivity contribution is -0.120. The first-order valence-electron chi connectivity index (χ1n) is 4.78. The largest absolute Gasteiger partial charge is 0.356 e. The second kappa shape index (κ2) is 7.12. The zero-order valence-electron chi connectivity index (χ0n) is 8.85. The van der Waals surface area contributed by atoms with Gasteiger partial charge < -0.3 is 10.6 Å². The van der Waals surface area contributed by atoms with Gasteiger partial charge in [0, 0.05) is 25.1 Å². The van der Waals surface area contributed by atoms with E-state index in [1.165, 1.54) is 0 Å². The molecule has 0 aromatic rings. The fourth-order valence-electron chi connectivity index (χ4n) is 0.794. The Balaban J connectivity index is 3.34. The van der Waals surface area contributed by atoms with Gasteiger partial charge in [-0.05, 0) is 13.3 Å². The maximum atomic E-state index is 11.0. The summed E-state index contributed by atoms with van der Waals surface area (Å²) in [7, 11) is 0. The lowest BCUT2D eigenvalue weighted by Crippen LogP contribution is -2.29. The smallest absolute Gasteiger partial charge is 0.246 e. The van der Waals surface area contributed by atoms with E-state index in [-0.39, 0.29) is 11.8 Å². The van der Waals surface area contributed by atoms with Crippen LogP contribution in [0.3, 0.4) is 0 Å². The molecule has 0 unspecified atom stereocenters. The minimum atomic E-state index is -0.133. The summed E-state index contributed by atoms with van der Waals surface area (Å²) >= 11 is 0. The van der Waals surface area contributed by atoms with E-state index in [2.05, 4.69) is 17.2 Å². The van der Waals surface area contributed by atoms with Gasteiger partial charge in [0.15, 0.2) is 0 Å². The fraction of sp³-hybridized carbons (Fsp3) is 0.600. The zero-order valence-corrected chi connectivity index (χ0v) is 8.85. The molecule has 0 aliphatic heterocycles. The lowest BCUT2D eigenvalue weighted by Gasteiger charge is -2.05. The van der Waals surface area contributed by atoms with Gasteiger partial charge in [0.25, 0.3) is 0 Å². The summed E-state index contributed by atoms with van der Waals surface area (Å²) in [6.45, 7) is 8.14. The summed E-state index contributed by atoms with van der Waals surface area (Å²) in [5, 5.41) is 5.41. The van der Waals surface area contributed by atoms with E-state index in [4.69, 9.17) is 0 Å². The van der Waals surface area contributed by atoms with Crippen molar-refractivity contribution in [1.82, 2.24) is 10.6 Å². The van der Waals surface area contributed by atoms with Gasteiger partial charge in [0.2, 0.25) is 11.8 Å². The van der Waals surface area contributed by atoms with E-state index in [1.807, 2.05) is 0 Å². The van der Waals surface area contributed by atoms with Crippen LogP contribution in [-0.4, -0.2) is 24.9 Å². The normalized spacial score (nSPS) is 9.29. The molecule has 0 heterocycles. The Hall–Kier alpha value is -1.32. The van der Waals surface area contributed by atoms with Gasteiger partial charge in [-0.15, -0.1) is 0 Å². The third kappa shape index (κ3) is 6.22. The van der Waals surface area contributed by atoms with E-state index >= 15 is 0 Å². The van der Waals surface area contributed by atoms with Crippen molar-refractivity contribution < 1.29 is 9.59 Å². The zero-order chi connectivity index (χ0) is 11.0. The molecule has 0 atom stereocenters. The summed E-state index contributed by atoms with van der Waals surface area (Å²) < 4.78 is 0. The number of rotatable bonds is 6. The van der Waals surface area contributed by atoms with Gasteiger partial charge in [0.1, 0.15) is 0 Å². The average molecular weight is 198 g/mol. The molecule has 0 bridgehead atoms. The fourth-order valence-corrected chi connectivity index (χ4v) is 0.794. The number of carbonyl (C=O) groups is 2. The minimum absolute atomic E-state index is 0.0382. The predicted octanol–water partition coefficient (Wildman–Crippen LogP) is 0.595. The minimum Gasteiger partial charge on any atom is -0.356 e. The number of nitrogens with one attached hydrogen (secondary N) is 2. The maximum absolute atomic E-state index is 11.0. The molecule has 4 nitrogen and oxygen atoms in total. The van der Waals surface area contributed by atoms with Gasteiger partial charge in [-0.25, -0.2) is 0 Å². The highest BCUT2D eigenvalue weighted by Crippen LogP contribution is 1.85. The Bertz CT molecular complexity index is 224. The van der Waals surface area contributed by atoms with Crippen molar-refractivity contribution in [3.05, 3.63) is 12.2 Å². The van der Waals surface area contributed by atoms with Crippen LogP contribution in [0.4, 0.5) is 0 Å². The molecular weight excluding hydrogens is 180 g/mol. The summed E-state index contributed by atoms with van der Waals surface area (Å²) in [6, 6.07) is 0. The van der Waals surface area contributed by atoms with Crippen molar-refractivity contribution in [2.75, 3.05) is 13.1 Å². The second-order valence-electron chi connectivity index (χ2n) is 3.09. The monoisotopic (exact) mass is 198 g/mol. The molecule has 0 fully saturated rings. The van der Waals surface area contributed by atoms with E-state index in [9.17, 15) is 9.59 Å². The lowest BCUT2D eigenvalue weighted by atomic mass is 10.3. The second-order valence-corrected chi connectivity index (χ2v) is 3.09. The summed E-state index contributed by atoms with van der Waals surface area (Å²) in [6.07, 6.45) is 1.24. The van der Waals surface area contributed by atoms with Crippen LogP contribution in [0.25, 0.3) is 0 Å². The van der Waals surface area contributed by atoms with Gasteiger partial charge in [0.05, 0.1) is 0 Å². The Labute approximate surface area is 84.8 Å². The molecule has 0 rings (SSSR count). The molecule has 4 heteroatoms. The third-order valence-electron chi connectivity index (χ3n) is 1.67. The number of hydrogen-bond acceptors (Lipinski definition) is 2. The summed E-state index contributed by atoms with van der Waals surface area (Å²) in [5.74, 6) is -0.0944. The quantitative estimate of drug-likeness (QED) is 0.485. The molecule has 0 radical (unpaired) electrons. The molecule has 0 aliphatic rings. The number of carbonyl (C=O) groups excluding carboxylic acids is 2. The van der Waals surface area contributed by atoms with E-state index in [1.54, 1.807) is 13.8 Å². The van der Waals surface area contributed by atoms with Gasteiger partial charge >= 0.3 is 0 Å². The highest BCUT2D eigenvalue weighted by molar-refractivity contribution is 5.92. The van der Waals surface area contributed by atoms with Crippen molar-refractivity contribution in [3.63, 3.8) is 0 Å². The van der Waals surface area contributed by atoms with Crippen LogP contribution in [0.1, 0.15) is 26.7 Å². The average Bonchev–Trinajstić information content (AvgIpc) is 2.16. The molecule has 0 aromatic heterocycles. The SMILES string of the molecule is C=C(C)C(=O)NCCCNC(=O)CC. The maximum Gasteiger partial charge on any atom is 0.246 e. The van der Waals surface area contributed by atoms with Crippen molar-refractivity contribution in [2.24, 2.45) is 0 Å². The Kier molecular flexibility index (Phi) is 6.45. The third-order valence-corrected chi connectivity index (χ3v) is 1.67. The van der Waals surface area contributed by atoms with Crippen molar-refractivity contribution in [2.45, 2.75) is 26.7 Å².